The van der Waals surface area contributed by atoms with E-state index in [0.717, 1.165) is 16.3 Å². The van der Waals surface area contributed by atoms with Crippen LogP contribution in [-0.2, 0) is 21.3 Å². The normalized spacial score (nSPS) is 15.9. The summed E-state index contributed by atoms with van der Waals surface area (Å²) in [5, 5.41) is 3.39. The summed E-state index contributed by atoms with van der Waals surface area (Å²) in [4.78, 5) is 2.29. The van der Waals surface area contributed by atoms with Crippen LogP contribution < -0.4 is 10.0 Å². The first-order valence-corrected chi connectivity index (χ1v) is 8.64. The van der Waals surface area contributed by atoms with Crippen LogP contribution in [0.1, 0.15) is 22.6 Å². The molecule has 0 aliphatic heterocycles. The lowest BCUT2D eigenvalue weighted by Crippen LogP contribution is -2.27. The van der Waals surface area contributed by atoms with E-state index in [-0.39, 0.29) is 0 Å². The Balaban J connectivity index is 2.01. The summed E-state index contributed by atoms with van der Waals surface area (Å²) in [5.74, 6) is 0. The van der Waals surface area contributed by atoms with Crippen LogP contribution in [0.5, 0.6) is 0 Å². The Morgan fingerprint density at radius 2 is 2.21 bits per heavy atom. The van der Waals surface area contributed by atoms with E-state index in [4.69, 9.17) is 4.74 Å². The highest BCUT2D eigenvalue weighted by molar-refractivity contribution is 7.89. The van der Waals surface area contributed by atoms with Crippen molar-refractivity contribution in [2.45, 2.75) is 37.2 Å². The van der Waals surface area contributed by atoms with E-state index in [1.807, 2.05) is 6.92 Å². The SMILES string of the molecule is COCCNS(=O)(=O)c1cc(CNC2CC2)sc1C. The Morgan fingerprint density at radius 3 is 2.84 bits per heavy atom. The average Bonchev–Trinajstić information content (AvgIpc) is 3.09. The number of rotatable bonds is 8. The lowest BCUT2D eigenvalue weighted by Gasteiger charge is -2.05. The van der Waals surface area contributed by atoms with Gasteiger partial charge in [0, 0.05) is 36.0 Å². The van der Waals surface area contributed by atoms with Crippen LogP contribution in [0.3, 0.4) is 0 Å². The molecule has 0 aromatic carbocycles. The van der Waals surface area contributed by atoms with E-state index in [2.05, 4.69) is 10.0 Å². The lowest BCUT2D eigenvalue weighted by molar-refractivity contribution is 0.204. The molecule has 0 atom stereocenters. The van der Waals surface area contributed by atoms with Gasteiger partial charge in [0.15, 0.2) is 0 Å². The van der Waals surface area contributed by atoms with Crippen LogP contribution in [0.15, 0.2) is 11.0 Å². The number of thiophene rings is 1. The minimum absolute atomic E-state index is 0.295. The number of sulfonamides is 1. The number of hydrogen-bond acceptors (Lipinski definition) is 5. The second kappa shape index (κ2) is 6.32. The first kappa shape index (κ1) is 14.9. The molecule has 0 radical (unpaired) electrons. The largest absolute Gasteiger partial charge is 0.383 e. The van der Waals surface area contributed by atoms with Gasteiger partial charge in [0.1, 0.15) is 0 Å². The van der Waals surface area contributed by atoms with Crippen LogP contribution in [0.25, 0.3) is 0 Å². The summed E-state index contributed by atoms with van der Waals surface area (Å²) in [6, 6.07) is 2.40. The van der Waals surface area contributed by atoms with Gasteiger partial charge in [-0.25, -0.2) is 13.1 Å². The number of hydrogen-bond donors (Lipinski definition) is 2. The lowest BCUT2D eigenvalue weighted by atomic mass is 10.4. The molecule has 1 aromatic rings. The molecule has 2 rings (SSSR count). The molecule has 0 spiro atoms. The van der Waals surface area contributed by atoms with E-state index >= 15 is 0 Å². The zero-order valence-corrected chi connectivity index (χ0v) is 12.9. The second-order valence-electron chi connectivity index (χ2n) is 4.68. The van der Waals surface area contributed by atoms with Crippen LogP contribution >= 0.6 is 11.3 Å². The fourth-order valence-electron chi connectivity index (χ4n) is 1.77. The predicted molar refractivity (Wildman–Crippen MR) is 76.0 cm³/mol. The summed E-state index contributed by atoms with van der Waals surface area (Å²) in [6.45, 7) is 3.27. The summed E-state index contributed by atoms with van der Waals surface area (Å²) in [6.07, 6.45) is 2.46. The molecule has 2 N–H and O–H groups in total. The van der Waals surface area contributed by atoms with Crippen molar-refractivity contribution in [3.63, 3.8) is 0 Å². The van der Waals surface area contributed by atoms with Gasteiger partial charge in [0.2, 0.25) is 10.0 Å². The van der Waals surface area contributed by atoms with E-state index in [1.54, 1.807) is 13.2 Å². The van der Waals surface area contributed by atoms with Gasteiger partial charge in [-0.1, -0.05) is 0 Å². The van der Waals surface area contributed by atoms with Crippen LogP contribution in [0, 0.1) is 6.92 Å². The van der Waals surface area contributed by atoms with Gasteiger partial charge in [0.25, 0.3) is 0 Å². The minimum atomic E-state index is -3.41. The highest BCUT2D eigenvalue weighted by Crippen LogP contribution is 2.27. The smallest absolute Gasteiger partial charge is 0.241 e. The Labute approximate surface area is 118 Å². The van der Waals surface area contributed by atoms with Crippen molar-refractivity contribution in [2.24, 2.45) is 0 Å². The Hall–Kier alpha value is -0.470. The van der Waals surface area contributed by atoms with Crippen LogP contribution in [0.2, 0.25) is 0 Å². The van der Waals surface area contributed by atoms with Gasteiger partial charge in [-0.3, -0.25) is 0 Å². The van der Waals surface area contributed by atoms with Crippen molar-refractivity contribution in [1.29, 1.82) is 0 Å². The molecular formula is C12H20N2O3S2. The topological polar surface area (TPSA) is 67.4 Å². The zero-order chi connectivity index (χ0) is 13.9. The molecule has 19 heavy (non-hydrogen) atoms. The van der Waals surface area contributed by atoms with E-state index in [0.29, 0.717) is 24.1 Å². The second-order valence-corrected chi connectivity index (χ2v) is 7.76. The summed E-state index contributed by atoms with van der Waals surface area (Å²) in [5.41, 5.74) is 0. The van der Waals surface area contributed by atoms with Gasteiger partial charge < -0.3 is 10.1 Å². The summed E-state index contributed by atoms with van der Waals surface area (Å²) < 4.78 is 31.6. The molecular weight excluding hydrogens is 284 g/mol. The molecule has 7 heteroatoms. The fraction of sp³-hybridized carbons (Fsp3) is 0.667. The Kier molecular flexibility index (Phi) is 4.97. The summed E-state index contributed by atoms with van der Waals surface area (Å²) in [7, 11) is -1.87. The van der Waals surface area contributed by atoms with Crippen LogP contribution in [0.4, 0.5) is 0 Å². The minimum Gasteiger partial charge on any atom is -0.383 e. The first-order chi connectivity index (χ1) is 9.03. The van der Waals surface area contributed by atoms with Gasteiger partial charge in [-0.2, -0.15) is 0 Å². The molecule has 0 unspecified atom stereocenters. The monoisotopic (exact) mass is 304 g/mol. The maximum atomic E-state index is 12.1. The molecule has 108 valence electrons. The van der Waals surface area contributed by atoms with Crippen molar-refractivity contribution in [2.75, 3.05) is 20.3 Å². The molecule has 1 saturated carbocycles. The first-order valence-electron chi connectivity index (χ1n) is 6.34. The number of aryl methyl sites for hydroxylation is 1. The Bertz CT molecular complexity index is 521. The highest BCUT2D eigenvalue weighted by atomic mass is 32.2. The van der Waals surface area contributed by atoms with Crippen molar-refractivity contribution in [3.05, 3.63) is 15.8 Å². The molecule has 0 saturated heterocycles. The quantitative estimate of drug-likeness (QED) is 0.709. The molecule has 0 amide bonds. The number of nitrogens with one attached hydrogen (secondary N) is 2. The van der Waals surface area contributed by atoms with E-state index in [1.165, 1.54) is 24.2 Å². The maximum Gasteiger partial charge on any atom is 0.241 e. The van der Waals surface area contributed by atoms with Crippen molar-refractivity contribution in [3.8, 4) is 0 Å². The molecule has 1 aliphatic rings. The van der Waals surface area contributed by atoms with Crippen molar-refractivity contribution in [1.82, 2.24) is 10.0 Å². The molecule has 1 aliphatic carbocycles. The van der Waals surface area contributed by atoms with Gasteiger partial charge >= 0.3 is 0 Å². The average molecular weight is 304 g/mol. The van der Waals surface area contributed by atoms with Crippen LogP contribution in [-0.4, -0.2) is 34.7 Å². The van der Waals surface area contributed by atoms with Gasteiger partial charge in [0.05, 0.1) is 11.5 Å². The number of ether oxygens (including phenoxy) is 1. The molecule has 1 fully saturated rings. The van der Waals surface area contributed by atoms with Gasteiger partial charge in [-0.05, 0) is 25.8 Å². The third kappa shape index (κ3) is 4.25. The molecule has 1 aromatic heterocycles. The summed E-state index contributed by atoms with van der Waals surface area (Å²) >= 11 is 1.54. The van der Waals surface area contributed by atoms with E-state index < -0.39 is 10.0 Å². The van der Waals surface area contributed by atoms with Gasteiger partial charge in [-0.15, -0.1) is 11.3 Å². The third-order valence-electron chi connectivity index (χ3n) is 2.95. The third-order valence-corrected chi connectivity index (χ3v) is 5.72. The fourth-order valence-corrected chi connectivity index (χ4v) is 4.36. The van der Waals surface area contributed by atoms with E-state index in [9.17, 15) is 8.42 Å². The molecule has 0 bridgehead atoms. The zero-order valence-electron chi connectivity index (χ0n) is 11.2. The van der Waals surface area contributed by atoms with Crippen molar-refractivity contribution < 1.29 is 13.2 Å². The maximum absolute atomic E-state index is 12.1. The van der Waals surface area contributed by atoms with Crippen molar-refractivity contribution >= 4 is 21.4 Å². The Morgan fingerprint density at radius 1 is 1.47 bits per heavy atom. The predicted octanol–water partition coefficient (Wildman–Crippen LogP) is 1.23. The molecule has 1 heterocycles. The standard InChI is InChI=1S/C12H20N2O3S2/c1-9-12(19(15,16)14-5-6-17-2)7-11(18-9)8-13-10-3-4-10/h7,10,13-14H,3-6,8H2,1-2H3. The molecule has 5 nitrogen and oxygen atoms in total. The number of methoxy groups -OCH3 is 1. The highest BCUT2D eigenvalue weighted by Gasteiger charge is 2.22.